The van der Waals surface area contributed by atoms with Crippen LogP contribution in [0, 0.1) is 17.1 Å². The number of anilines is 1. The van der Waals surface area contributed by atoms with Gasteiger partial charge in [-0.1, -0.05) is 24.6 Å². The zero-order valence-corrected chi connectivity index (χ0v) is 24.8. The third-order valence-corrected chi connectivity index (χ3v) is 10.3. The van der Waals surface area contributed by atoms with Crippen LogP contribution in [0.5, 0.6) is 11.8 Å². The zero-order chi connectivity index (χ0) is 29.8. The van der Waals surface area contributed by atoms with Gasteiger partial charge in [-0.05, 0) is 80.2 Å². The molecule has 44 heavy (non-hydrogen) atoms. The third-order valence-electron chi connectivity index (χ3n) is 10.3. The van der Waals surface area contributed by atoms with Crippen LogP contribution in [0.2, 0.25) is 0 Å². The van der Waals surface area contributed by atoms with Crippen LogP contribution in [0.3, 0.4) is 0 Å². The summed E-state index contributed by atoms with van der Waals surface area (Å²) in [7, 11) is 0. The molecule has 226 valence electrons. The summed E-state index contributed by atoms with van der Waals surface area (Å²) >= 11 is 0. The van der Waals surface area contributed by atoms with E-state index in [9.17, 15) is 10.4 Å². The second-order valence-electron chi connectivity index (χ2n) is 13.0. The molecule has 4 aliphatic rings. The second-order valence-corrected chi connectivity index (χ2v) is 13.0. The molecule has 0 aliphatic carbocycles. The number of piperazine rings is 1. The fourth-order valence-corrected chi connectivity index (χ4v) is 8.33. The number of fused-ring (bicyclic) bond motifs is 6. The van der Waals surface area contributed by atoms with E-state index in [0.717, 1.165) is 38.9 Å². The van der Waals surface area contributed by atoms with E-state index in [0.29, 0.717) is 63.9 Å². The van der Waals surface area contributed by atoms with Crippen LogP contribution in [0.1, 0.15) is 56.9 Å². The summed E-state index contributed by atoms with van der Waals surface area (Å²) in [6.45, 7) is 3.07. The molecule has 0 saturated carbocycles. The first-order valence-corrected chi connectivity index (χ1v) is 16.1. The van der Waals surface area contributed by atoms with Crippen molar-refractivity contribution in [2.45, 2.75) is 75.5 Å². The first kappa shape index (κ1) is 27.5. The number of ether oxygens (including phenoxy) is 1. The Morgan fingerprint density at radius 2 is 1.77 bits per heavy atom. The second kappa shape index (κ2) is 11.2. The SMILES string of the molecule is N#Cc1cccc2cc(O)cc(-c3ccc4c(N5CC6CCC(C5)N6)nc(OCCCN5C6CCCC5CC6)nc4c3F)c12. The van der Waals surface area contributed by atoms with Crippen molar-refractivity contribution >= 4 is 27.5 Å². The molecule has 4 atom stereocenters. The van der Waals surface area contributed by atoms with Crippen molar-refractivity contribution in [3.8, 4) is 29.0 Å². The Morgan fingerprint density at radius 3 is 2.55 bits per heavy atom. The maximum atomic E-state index is 16.7. The van der Waals surface area contributed by atoms with Crippen molar-refractivity contribution in [2.24, 2.45) is 0 Å². The number of phenols is 1. The highest BCUT2D eigenvalue weighted by Gasteiger charge is 2.36. The summed E-state index contributed by atoms with van der Waals surface area (Å²) < 4.78 is 22.9. The number of aromatic nitrogens is 2. The van der Waals surface area contributed by atoms with E-state index in [1.54, 1.807) is 24.3 Å². The van der Waals surface area contributed by atoms with Crippen molar-refractivity contribution in [3.05, 3.63) is 53.8 Å². The zero-order valence-electron chi connectivity index (χ0n) is 24.8. The molecule has 4 aliphatic heterocycles. The van der Waals surface area contributed by atoms with Crippen LogP contribution in [0.4, 0.5) is 10.2 Å². The molecule has 8 rings (SSSR count). The predicted molar refractivity (Wildman–Crippen MR) is 168 cm³/mol. The molecule has 4 aromatic rings. The Morgan fingerprint density at radius 1 is 0.977 bits per heavy atom. The monoisotopic (exact) mass is 592 g/mol. The minimum atomic E-state index is -0.515. The number of nitriles is 1. The van der Waals surface area contributed by atoms with E-state index in [1.807, 2.05) is 12.1 Å². The van der Waals surface area contributed by atoms with Gasteiger partial charge in [-0.3, -0.25) is 4.90 Å². The number of piperidine rings is 1. The van der Waals surface area contributed by atoms with Gasteiger partial charge >= 0.3 is 6.01 Å². The molecule has 0 radical (unpaired) electrons. The molecule has 8 nitrogen and oxygen atoms in total. The Balaban J connectivity index is 1.17. The Labute approximate surface area is 256 Å². The number of phenolic OH excluding ortho intramolecular Hbond substituents is 1. The van der Waals surface area contributed by atoms with E-state index < -0.39 is 5.82 Å². The van der Waals surface area contributed by atoms with E-state index in [-0.39, 0.29) is 22.8 Å². The Kier molecular flexibility index (Phi) is 6.99. The minimum absolute atomic E-state index is 0.00733. The van der Waals surface area contributed by atoms with Crippen LogP contribution in [0.15, 0.2) is 42.5 Å². The lowest BCUT2D eigenvalue weighted by molar-refractivity contribution is 0.129. The maximum absolute atomic E-state index is 16.7. The highest BCUT2D eigenvalue weighted by atomic mass is 19.1. The molecule has 4 saturated heterocycles. The lowest BCUT2D eigenvalue weighted by Gasteiger charge is -2.34. The summed E-state index contributed by atoms with van der Waals surface area (Å²) in [6.07, 6.45) is 9.67. The van der Waals surface area contributed by atoms with Crippen LogP contribution >= 0.6 is 0 Å². The van der Waals surface area contributed by atoms with Crippen LogP contribution in [0.25, 0.3) is 32.8 Å². The highest BCUT2D eigenvalue weighted by Crippen LogP contribution is 2.40. The minimum Gasteiger partial charge on any atom is -0.508 e. The van der Waals surface area contributed by atoms with Gasteiger partial charge in [0.2, 0.25) is 0 Å². The third kappa shape index (κ3) is 4.81. The van der Waals surface area contributed by atoms with Gasteiger partial charge in [0.15, 0.2) is 5.82 Å². The molecule has 0 spiro atoms. The predicted octanol–water partition coefficient (Wildman–Crippen LogP) is 5.89. The van der Waals surface area contributed by atoms with Gasteiger partial charge in [-0.2, -0.15) is 15.2 Å². The lowest BCUT2D eigenvalue weighted by atomic mass is 9.93. The van der Waals surface area contributed by atoms with E-state index >= 15 is 4.39 Å². The Bertz CT molecular complexity index is 1760. The lowest BCUT2D eigenvalue weighted by Crippen LogP contribution is -2.51. The molecule has 1 aromatic heterocycles. The summed E-state index contributed by atoms with van der Waals surface area (Å²) in [5.41, 5.74) is 1.34. The summed E-state index contributed by atoms with van der Waals surface area (Å²) in [5, 5.41) is 26.0. The van der Waals surface area contributed by atoms with E-state index in [1.165, 1.54) is 38.2 Å². The molecule has 0 amide bonds. The topological polar surface area (TPSA) is 97.5 Å². The average Bonchev–Trinajstić information content (AvgIpc) is 3.48. The highest BCUT2D eigenvalue weighted by molar-refractivity contribution is 6.03. The normalized spacial score (nSPS) is 24.7. The first-order chi connectivity index (χ1) is 21.6. The number of aromatic hydroxyl groups is 1. The van der Waals surface area contributed by atoms with Crippen molar-refractivity contribution in [3.63, 3.8) is 0 Å². The molecule has 9 heteroatoms. The van der Waals surface area contributed by atoms with Crippen LogP contribution in [-0.4, -0.2) is 70.4 Å². The number of benzene rings is 3. The smallest absolute Gasteiger partial charge is 0.319 e. The number of nitrogens with zero attached hydrogens (tertiary/aromatic N) is 5. The molecular weight excluding hydrogens is 555 g/mol. The number of rotatable bonds is 7. The largest absolute Gasteiger partial charge is 0.508 e. The van der Waals surface area contributed by atoms with E-state index in [2.05, 4.69) is 26.2 Å². The number of nitrogens with one attached hydrogen (secondary N) is 1. The maximum Gasteiger partial charge on any atom is 0.319 e. The summed E-state index contributed by atoms with van der Waals surface area (Å²) in [6, 6.07) is 16.6. The first-order valence-electron chi connectivity index (χ1n) is 16.1. The van der Waals surface area contributed by atoms with Gasteiger partial charge in [-0.15, -0.1) is 0 Å². The van der Waals surface area contributed by atoms with E-state index in [4.69, 9.17) is 9.72 Å². The van der Waals surface area contributed by atoms with Gasteiger partial charge in [0.1, 0.15) is 17.1 Å². The number of halogens is 1. The summed E-state index contributed by atoms with van der Waals surface area (Å²) in [4.78, 5) is 14.4. The van der Waals surface area contributed by atoms with Gasteiger partial charge < -0.3 is 20.1 Å². The average molecular weight is 593 g/mol. The number of hydrogen-bond acceptors (Lipinski definition) is 8. The Hall–Kier alpha value is -4.00. The van der Waals surface area contributed by atoms with Crippen LogP contribution in [-0.2, 0) is 0 Å². The fourth-order valence-electron chi connectivity index (χ4n) is 8.33. The van der Waals surface area contributed by atoms with Gasteiger partial charge in [0.25, 0.3) is 0 Å². The summed E-state index contributed by atoms with van der Waals surface area (Å²) in [5.74, 6) is 0.188. The van der Waals surface area contributed by atoms with Gasteiger partial charge in [-0.25, -0.2) is 4.39 Å². The molecular formula is C35H37FN6O2. The molecule has 4 fully saturated rings. The molecule has 4 bridgehead atoms. The molecule has 5 heterocycles. The number of hydrogen-bond donors (Lipinski definition) is 2. The standard InChI is InChI=1S/C35H37FN6O2/c36-32-28(30-17-27(43)16-21-4-1-5-22(18-37)31(21)30)12-13-29-33(32)39-35(40-34(29)41-19-23-8-9-24(20-41)38-23)44-15-3-14-42-25-6-2-7-26(42)11-10-25/h1,4-5,12-13,16-17,23-26,38,43H,2-3,6-11,14-15,19-20H2. The van der Waals surface area contributed by atoms with Crippen molar-refractivity contribution in [1.29, 1.82) is 5.26 Å². The molecule has 3 aromatic carbocycles. The molecule has 4 unspecified atom stereocenters. The van der Waals surface area contributed by atoms with Crippen molar-refractivity contribution in [2.75, 3.05) is 31.1 Å². The van der Waals surface area contributed by atoms with Crippen molar-refractivity contribution in [1.82, 2.24) is 20.2 Å². The van der Waals surface area contributed by atoms with Crippen molar-refractivity contribution < 1.29 is 14.2 Å². The van der Waals surface area contributed by atoms with Crippen LogP contribution < -0.4 is 15.0 Å². The fraction of sp³-hybridized carbons (Fsp3) is 0.457. The van der Waals surface area contributed by atoms with Gasteiger partial charge in [0.05, 0.1) is 18.2 Å². The quantitative estimate of drug-likeness (QED) is 0.257. The van der Waals surface area contributed by atoms with Gasteiger partial charge in [0, 0.05) is 60.1 Å². The molecule has 2 N–H and O–H groups in total.